The maximum Gasteiger partial charge on any atom is 0.253 e. The molecule has 2 saturated heterocycles. The van der Waals surface area contributed by atoms with Crippen LogP contribution >= 0.6 is 27.3 Å². The van der Waals surface area contributed by atoms with E-state index in [0.717, 1.165) is 28.0 Å². The number of sulfonamides is 1. The summed E-state index contributed by atoms with van der Waals surface area (Å²) in [4.78, 5) is 25.7. The molecular formula is C16H23BrN4O4S2. The van der Waals surface area contributed by atoms with Gasteiger partial charge in [0.1, 0.15) is 10.3 Å². The second-order valence-corrected chi connectivity index (χ2v) is 11.4. The van der Waals surface area contributed by atoms with E-state index in [1.54, 1.807) is 12.1 Å². The van der Waals surface area contributed by atoms with Gasteiger partial charge in [-0.15, -0.1) is 11.3 Å². The molecule has 1 atom stereocenters. The lowest BCUT2D eigenvalue weighted by molar-refractivity contribution is -0.125. The molecule has 0 spiro atoms. The van der Waals surface area contributed by atoms with Crippen LogP contribution in [-0.2, 0) is 19.6 Å². The number of primary amides is 1. The summed E-state index contributed by atoms with van der Waals surface area (Å²) in [5.41, 5.74) is 5.21. The minimum Gasteiger partial charge on any atom is -0.369 e. The van der Waals surface area contributed by atoms with Crippen molar-refractivity contribution in [1.29, 1.82) is 0 Å². The molecule has 3 rings (SSSR count). The zero-order chi connectivity index (χ0) is 19.6. The number of rotatable bonds is 6. The number of nitrogens with two attached hydrogens (primary N) is 1. The van der Waals surface area contributed by atoms with Gasteiger partial charge in [0.2, 0.25) is 11.8 Å². The molecule has 2 amide bonds. The fraction of sp³-hybridized carbons (Fsp3) is 0.625. The van der Waals surface area contributed by atoms with Crippen LogP contribution in [-0.4, -0.2) is 67.7 Å². The highest BCUT2D eigenvalue weighted by Gasteiger charge is 2.40. The maximum atomic E-state index is 12.9. The first-order valence-electron chi connectivity index (χ1n) is 8.85. The average molecular weight is 479 g/mol. The molecule has 11 heteroatoms. The minimum atomic E-state index is -3.67. The predicted octanol–water partition coefficient (Wildman–Crippen LogP) is 0.730. The number of piperidine rings is 1. The van der Waals surface area contributed by atoms with Gasteiger partial charge >= 0.3 is 0 Å². The zero-order valence-corrected chi connectivity index (χ0v) is 18.0. The highest BCUT2D eigenvalue weighted by Crippen LogP contribution is 2.32. The summed E-state index contributed by atoms with van der Waals surface area (Å²) in [6.45, 7) is 1.95. The van der Waals surface area contributed by atoms with Crippen molar-refractivity contribution in [3.63, 3.8) is 0 Å². The second kappa shape index (κ2) is 8.56. The van der Waals surface area contributed by atoms with Crippen molar-refractivity contribution in [3.05, 3.63) is 15.9 Å². The van der Waals surface area contributed by atoms with Crippen LogP contribution in [0.25, 0.3) is 0 Å². The molecule has 8 nitrogen and oxygen atoms in total. The van der Waals surface area contributed by atoms with Crippen molar-refractivity contribution in [2.45, 2.75) is 42.0 Å². The molecule has 0 unspecified atom stereocenters. The molecule has 150 valence electrons. The van der Waals surface area contributed by atoms with Crippen LogP contribution in [0.1, 0.15) is 25.7 Å². The van der Waals surface area contributed by atoms with Crippen molar-refractivity contribution in [3.8, 4) is 0 Å². The second-order valence-electron chi connectivity index (χ2n) is 6.86. The topological polar surface area (TPSA) is 113 Å². The number of hydrogen-bond donors (Lipinski definition) is 2. The predicted molar refractivity (Wildman–Crippen MR) is 106 cm³/mol. The van der Waals surface area contributed by atoms with Gasteiger partial charge in [-0.1, -0.05) is 0 Å². The Morgan fingerprint density at radius 3 is 2.52 bits per heavy atom. The van der Waals surface area contributed by atoms with Gasteiger partial charge in [0.05, 0.1) is 10.3 Å². The quantitative estimate of drug-likeness (QED) is 0.625. The van der Waals surface area contributed by atoms with Gasteiger partial charge in [-0.3, -0.25) is 14.5 Å². The van der Waals surface area contributed by atoms with E-state index in [9.17, 15) is 18.0 Å². The van der Waals surface area contributed by atoms with Crippen molar-refractivity contribution >= 4 is 49.1 Å². The molecule has 3 heterocycles. The summed E-state index contributed by atoms with van der Waals surface area (Å²) < 4.78 is 28.1. The number of carbonyl (C=O) groups is 2. The van der Waals surface area contributed by atoms with Crippen LogP contribution < -0.4 is 11.1 Å². The Hall–Kier alpha value is -1.01. The highest BCUT2D eigenvalue weighted by atomic mass is 79.9. The highest BCUT2D eigenvalue weighted by molar-refractivity contribution is 9.11. The Bertz CT molecular complexity index is 805. The molecule has 0 bridgehead atoms. The zero-order valence-electron chi connectivity index (χ0n) is 14.8. The molecule has 0 radical (unpaired) electrons. The van der Waals surface area contributed by atoms with Crippen molar-refractivity contribution in [1.82, 2.24) is 14.5 Å². The fourth-order valence-corrected chi connectivity index (χ4v) is 7.39. The van der Waals surface area contributed by atoms with E-state index >= 15 is 0 Å². The number of carbonyl (C=O) groups excluding carboxylic acids is 2. The first kappa shape index (κ1) is 20.7. The summed E-state index contributed by atoms with van der Waals surface area (Å²) in [5, 5.41) is 3.00. The van der Waals surface area contributed by atoms with Crippen LogP contribution in [0.3, 0.4) is 0 Å². The third kappa shape index (κ3) is 4.89. The lowest BCUT2D eigenvalue weighted by atomic mass is 10.0. The van der Waals surface area contributed by atoms with Gasteiger partial charge in [0.15, 0.2) is 0 Å². The molecule has 0 saturated carbocycles. The van der Waals surface area contributed by atoms with Crippen molar-refractivity contribution in [2.24, 2.45) is 5.73 Å². The van der Waals surface area contributed by atoms with Gasteiger partial charge in [-0.25, -0.2) is 8.42 Å². The van der Waals surface area contributed by atoms with Crippen molar-refractivity contribution in [2.75, 3.05) is 26.2 Å². The number of amides is 2. The number of thiophene rings is 1. The van der Waals surface area contributed by atoms with Crippen LogP contribution in [0.4, 0.5) is 0 Å². The number of halogens is 1. The van der Waals surface area contributed by atoms with Gasteiger partial charge in [0.25, 0.3) is 10.0 Å². The molecule has 0 aliphatic carbocycles. The summed E-state index contributed by atoms with van der Waals surface area (Å²) in [7, 11) is -3.67. The molecule has 1 aromatic heterocycles. The molecule has 3 N–H and O–H groups in total. The van der Waals surface area contributed by atoms with Crippen LogP contribution in [0, 0.1) is 0 Å². The van der Waals surface area contributed by atoms with E-state index < -0.39 is 16.1 Å². The number of likely N-dealkylation sites (tertiary alicyclic amines) is 1. The standard InChI is InChI=1S/C16H23BrN4O4S2/c17-13-3-4-15(26-13)27(24,25)21-7-1-2-12(21)16(23)19-11-5-8-20(9-6-11)10-14(18)22/h3-4,11-12H,1-2,5-10H2,(H2,18,22)(H,19,23)/t12-/m0/s1. The lowest BCUT2D eigenvalue weighted by Crippen LogP contribution is -2.52. The first-order valence-corrected chi connectivity index (χ1v) is 11.9. The van der Waals surface area contributed by atoms with Crippen LogP contribution in [0.15, 0.2) is 20.1 Å². The molecule has 27 heavy (non-hydrogen) atoms. The Labute approximate surface area is 171 Å². The average Bonchev–Trinajstić information content (AvgIpc) is 3.25. The molecular weight excluding hydrogens is 456 g/mol. The smallest absolute Gasteiger partial charge is 0.253 e. The number of nitrogens with zero attached hydrogens (tertiary/aromatic N) is 2. The van der Waals surface area contributed by atoms with Gasteiger partial charge < -0.3 is 11.1 Å². The summed E-state index contributed by atoms with van der Waals surface area (Å²) in [5.74, 6) is -0.593. The lowest BCUT2D eigenvalue weighted by Gasteiger charge is -2.32. The normalized spacial score (nSPS) is 22.8. The fourth-order valence-electron chi connectivity index (χ4n) is 3.59. The van der Waals surface area contributed by atoms with E-state index in [2.05, 4.69) is 21.2 Å². The van der Waals surface area contributed by atoms with Crippen LogP contribution in [0.5, 0.6) is 0 Å². The summed E-state index contributed by atoms with van der Waals surface area (Å²) >= 11 is 4.43. The first-order chi connectivity index (χ1) is 12.8. The Morgan fingerprint density at radius 2 is 1.93 bits per heavy atom. The number of nitrogens with one attached hydrogen (secondary N) is 1. The van der Waals surface area contributed by atoms with E-state index in [4.69, 9.17) is 5.73 Å². The third-order valence-electron chi connectivity index (χ3n) is 4.93. The largest absolute Gasteiger partial charge is 0.369 e. The van der Waals surface area contributed by atoms with E-state index in [1.807, 2.05) is 4.90 Å². The van der Waals surface area contributed by atoms with Gasteiger partial charge in [-0.05, 0) is 53.7 Å². The molecule has 1 aromatic rings. The van der Waals surface area contributed by atoms with E-state index in [-0.39, 0.29) is 28.6 Å². The van der Waals surface area contributed by atoms with Gasteiger partial charge in [-0.2, -0.15) is 4.31 Å². The van der Waals surface area contributed by atoms with E-state index in [1.165, 1.54) is 4.31 Å². The minimum absolute atomic E-state index is 0.0114. The summed E-state index contributed by atoms with van der Waals surface area (Å²) in [6.07, 6.45) is 2.63. The SMILES string of the molecule is NC(=O)CN1CCC(NC(=O)[C@@H]2CCCN2S(=O)(=O)c2ccc(Br)s2)CC1. The van der Waals surface area contributed by atoms with Crippen LogP contribution in [0.2, 0.25) is 0 Å². The van der Waals surface area contributed by atoms with E-state index in [0.29, 0.717) is 32.5 Å². The van der Waals surface area contributed by atoms with Crippen molar-refractivity contribution < 1.29 is 18.0 Å². The molecule has 2 fully saturated rings. The Kier molecular flexibility index (Phi) is 6.57. The third-order valence-corrected chi connectivity index (χ3v) is 8.93. The Balaban J connectivity index is 1.60. The summed E-state index contributed by atoms with van der Waals surface area (Å²) in [6, 6.07) is 2.58. The molecule has 0 aromatic carbocycles. The maximum absolute atomic E-state index is 12.9. The Morgan fingerprint density at radius 1 is 1.22 bits per heavy atom. The molecule has 2 aliphatic rings. The number of hydrogen-bond acceptors (Lipinski definition) is 6. The monoisotopic (exact) mass is 478 g/mol. The molecule has 2 aliphatic heterocycles. The van der Waals surface area contributed by atoms with Gasteiger partial charge in [0, 0.05) is 25.7 Å².